The number of ether oxygens (including phenoxy) is 2. The van der Waals surface area contributed by atoms with Crippen LogP contribution >= 0.6 is 0 Å². The molecule has 0 spiro atoms. The highest BCUT2D eigenvalue weighted by molar-refractivity contribution is 6.64. The minimum atomic E-state index is -1.01. The lowest BCUT2D eigenvalue weighted by Gasteiger charge is -2.36. The second-order valence-corrected chi connectivity index (χ2v) is 14.3. The summed E-state index contributed by atoms with van der Waals surface area (Å²) in [7, 11) is 2.54. The molecule has 1 unspecified atom stereocenters. The number of methoxy groups -OCH3 is 2. The average Bonchev–Trinajstić information content (AvgIpc) is 3.06. The van der Waals surface area contributed by atoms with E-state index in [4.69, 9.17) is 9.47 Å². The zero-order chi connectivity index (χ0) is 22.4. The first-order valence-electron chi connectivity index (χ1n) is 10.9. The summed E-state index contributed by atoms with van der Waals surface area (Å²) in [6.07, 6.45) is 4.84. The van der Waals surface area contributed by atoms with Crippen LogP contribution in [0.2, 0.25) is 13.1 Å². The smallest absolute Gasteiger partial charge is 0.126 e. The third-order valence-corrected chi connectivity index (χ3v) is 8.23. The summed E-state index contributed by atoms with van der Waals surface area (Å²) >= 11 is 0. The van der Waals surface area contributed by atoms with Gasteiger partial charge < -0.3 is 9.47 Å². The zero-order valence-electron chi connectivity index (χ0n) is 20.8. The maximum atomic E-state index is 6.05. The number of allylic oxidation sites excluding steroid dienone is 4. The lowest BCUT2D eigenvalue weighted by molar-refractivity contribution is 0.339. The number of hydrogen-bond acceptors (Lipinski definition) is 2. The standard InChI is InChI=1S/C26H42O2Si/c1-24(2,3)18-13-14-19(23(18)29(11)12)26(7,8)21-16-17(27-9)15-20(22(21)28-10)25(4,5)6/h13-16,18,29H,1-12H3. The predicted molar refractivity (Wildman–Crippen MR) is 129 cm³/mol. The number of rotatable bonds is 5. The predicted octanol–water partition coefficient (Wildman–Crippen LogP) is 6.83. The normalized spacial score (nSPS) is 18.0. The molecular formula is C26H42O2Si. The Hall–Kier alpha value is -1.48. The molecule has 0 amide bonds. The van der Waals surface area contributed by atoms with Crippen LogP contribution < -0.4 is 9.47 Å². The Morgan fingerprint density at radius 3 is 1.79 bits per heavy atom. The summed E-state index contributed by atoms with van der Waals surface area (Å²) in [5.74, 6) is 2.41. The molecule has 2 rings (SSSR count). The first-order chi connectivity index (χ1) is 13.2. The fraction of sp³-hybridized carbons (Fsp3) is 0.615. The van der Waals surface area contributed by atoms with Gasteiger partial charge in [-0.3, -0.25) is 0 Å². The second kappa shape index (κ2) is 7.98. The van der Waals surface area contributed by atoms with Crippen molar-refractivity contribution >= 4 is 8.80 Å². The highest BCUT2D eigenvalue weighted by atomic mass is 28.3. The van der Waals surface area contributed by atoms with Gasteiger partial charge in [-0.15, -0.1) is 0 Å². The third kappa shape index (κ3) is 4.50. The topological polar surface area (TPSA) is 18.5 Å². The first kappa shape index (κ1) is 23.8. The zero-order valence-corrected chi connectivity index (χ0v) is 21.9. The van der Waals surface area contributed by atoms with Gasteiger partial charge in [-0.2, -0.15) is 0 Å². The molecule has 1 atom stereocenters. The number of benzene rings is 1. The van der Waals surface area contributed by atoms with E-state index in [1.807, 2.05) is 0 Å². The lowest BCUT2D eigenvalue weighted by atomic mass is 9.73. The van der Waals surface area contributed by atoms with E-state index in [0.29, 0.717) is 5.92 Å². The van der Waals surface area contributed by atoms with Gasteiger partial charge in [0.15, 0.2) is 0 Å². The van der Waals surface area contributed by atoms with E-state index in [1.165, 1.54) is 16.7 Å². The molecule has 1 aromatic rings. The van der Waals surface area contributed by atoms with Crippen molar-refractivity contribution in [3.63, 3.8) is 0 Å². The van der Waals surface area contributed by atoms with Gasteiger partial charge in [0.25, 0.3) is 0 Å². The quantitative estimate of drug-likeness (QED) is 0.491. The summed E-state index contributed by atoms with van der Waals surface area (Å²) in [4.78, 5) is 0. The minimum absolute atomic E-state index is 0.0335. The Labute approximate surface area is 181 Å². The van der Waals surface area contributed by atoms with Crippen LogP contribution in [0.25, 0.3) is 0 Å². The first-order valence-corrected chi connectivity index (χ1v) is 13.7. The van der Waals surface area contributed by atoms with Crippen molar-refractivity contribution in [3.8, 4) is 11.5 Å². The van der Waals surface area contributed by atoms with Crippen molar-refractivity contribution in [2.24, 2.45) is 11.3 Å². The average molecular weight is 415 g/mol. The maximum absolute atomic E-state index is 6.05. The molecule has 0 saturated carbocycles. The van der Waals surface area contributed by atoms with E-state index >= 15 is 0 Å². The maximum Gasteiger partial charge on any atom is 0.126 e. The molecule has 0 radical (unpaired) electrons. The Morgan fingerprint density at radius 2 is 1.38 bits per heavy atom. The van der Waals surface area contributed by atoms with Crippen molar-refractivity contribution in [1.82, 2.24) is 0 Å². The molecule has 162 valence electrons. The van der Waals surface area contributed by atoms with E-state index in [0.717, 1.165) is 11.5 Å². The van der Waals surface area contributed by atoms with Gasteiger partial charge in [0.1, 0.15) is 11.5 Å². The highest BCUT2D eigenvalue weighted by Crippen LogP contribution is 2.50. The largest absolute Gasteiger partial charge is 0.497 e. The van der Waals surface area contributed by atoms with Gasteiger partial charge in [0, 0.05) is 16.5 Å². The Bertz CT molecular complexity index is 814. The number of hydrogen-bond donors (Lipinski definition) is 0. The highest BCUT2D eigenvalue weighted by Gasteiger charge is 2.40. The monoisotopic (exact) mass is 414 g/mol. The van der Waals surface area contributed by atoms with Gasteiger partial charge in [0.05, 0.1) is 23.0 Å². The molecular weight excluding hydrogens is 372 g/mol. The van der Waals surface area contributed by atoms with Gasteiger partial charge >= 0.3 is 0 Å². The Kier molecular flexibility index (Phi) is 6.55. The van der Waals surface area contributed by atoms with E-state index in [2.05, 4.69) is 92.8 Å². The minimum Gasteiger partial charge on any atom is -0.497 e. The van der Waals surface area contributed by atoms with Crippen LogP contribution in [0, 0.1) is 11.3 Å². The second-order valence-electron chi connectivity index (χ2n) is 11.4. The van der Waals surface area contributed by atoms with Crippen LogP contribution in [0.5, 0.6) is 11.5 Å². The van der Waals surface area contributed by atoms with Crippen molar-refractivity contribution in [1.29, 1.82) is 0 Å². The third-order valence-electron chi connectivity index (χ3n) is 6.31. The lowest BCUT2D eigenvalue weighted by Crippen LogP contribution is -2.30. The van der Waals surface area contributed by atoms with Crippen LogP contribution in [0.3, 0.4) is 0 Å². The molecule has 0 fully saturated rings. The van der Waals surface area contributed by atoms with Gasteiger partial charge in [0.2, 0.25) is 0 Å². The molecule has 0 heterocycles. The van der Waals surface area contributed by atoms with E-state index < -0.39 is 8.80 Å². The van der Waals surface area contributed by atoms with E-state index in [1.54, 1.807) is 19.4 Å². The molecule has 0 N–H and O–H groups in total. The molecule has 29 heavy (non-hydrogen) atoms. The molecule has 3 heteroatoms. The molecule has 0 aliphatic heterocycles. The summed E-state index contributed by atoms with van der Waals surface area (Å²) < 4.78 is 11.8. The Morgan fingerprint density at radius 1 is 0.828 bits per heavy atom. The van der Waals surface area contributed by atoms with Crippen molar-refractivity contribution < 1.29 is 9.47 Å². The fourth-order valence-electron chi connectivity index (χ4n) is 4.66. The molecule has 0 bridgehead atoms. The SMILES string of the molecule is COc1cc(C(C)(C)C)c(OC)c(C(C)(C)C2=C([SiH](C)C)C(C(C)(C)C)C=C2)c1. The van der Waals surface area contributed by atoms with Crippen LogP contribution in [0.4, 0.5) is 0 Å². The fourth-order valence-corrected chi connectivity index (χ4v) is 7.07. The molecule has 1 aliphatic carbocycles. The van der Waals surface area contributed by atoms with Crippen molar-refractivity contribution in [3.05, 3.63) is 46.2 Å². The summed E-state index contributed by atoms with van der Waals surface area (Å²) in [5, 5.41) is 1.68. The summed E-state index contributed by atoms with van der Waals surface area (Å²) in [6.45, 7) is 23.4. The van der Waals surface area contributed by atoms with Crippen molar-refractivity contribution in [2.45, 2.75) is 79.3 Å². The van der Waals surface area contributed by atoms with Gasteiger partial charge in [-0.25, -0.2) is 0 Å². The molecule has 0 saturated heterocycles. The van der Waals surface area contributed by atoms with Crippen molar-refractivity contribution in [2.75, 3.05) is 14.2 Å². The van der Waals surface area contributed by atoms with Gasteiger partial charge in [-0.05, 0) is 34.5 Å². The van der Waals surface area contributed by atoms with Crippen LogP contribution in [-0.4, -0.2) is 23.0 Å². The van der Waals surface area contributed by atoms with Gasteiger partial charge in [-0.1, -0.05) is 85.8 Å². The van der Waals surface area contributed by atoms with Crippen LogP contribution in [0.1, 0.15) is 66.5 Å². The van der Waals surface area contributed by atoms with E-state index in [9.17, 15) is 0 Å². The Balaban J connectivity index is 2.82. The molecule has 2 nitrogen and oxygen atoms in total. The summed E-state index contributed by atoms with van der Waals surface area (Å²) in [6, 6.07) is 4.31. The molecule has 1 aromatic carbocycles. The molecule has 0 aromatic heterocycles. The molecule has 1 aliphatic rings. The van der Waals surface area contributed by atoms with Crippen LogP contribution in [-0.2, 0) is 10.8 Å². The van der Waals surface area contributed by atoms with E-state index in [-0.39, 0.29) is 16.2 Å². The van der Waals surface area contributed by atoms with Crippen LogP contribution in [0.15, 0.2) is 35.1 Å². The summed E-state index contributed by atoms with van der Waals surface area (Å²) in [5.41, 5.74) is 3.92.